The van der Waals surface area contributed by atoms with Crippen LogP contribution in [0.2, 0.25) is 5.02 Å². The van der Waals surface area contributed by atoms with E-state index in [0.29, 0.717) is 10.0 Å². The molecular formula is C7H5BrClFO. The summed E-state index contributed by atoms with van der Waals surface area (Å²) in [6.07, 6.45) is 0. The van der Waals surface area contributed by atoms with Crippen molar-refractivity contribution in [3.8, 4) is 0 Å². The topological polar surface area (TPSA) is 20.2 Å². The highest BCUT2D eigenvalue weighted by Crippen LogP contribution is 2.25. The molecule has 0 aromatic heterocycles. The van der Waals surface area contributed by atoms with Crippen molar-refractivity contribution in [3.05, 3.63) is 33.0 Å². The maximum Gasteiger partial charge on any atom is 0.125 e. The van der Waals surface area contributed by atoms with Crippen LogP contribution in [0.15, 0.2) is 16.6 Å². The Morgan fingerprint density at radius 2 is 2.18 bits per heavy atom. The number of aliphatic hydroxyl groups excluding tert-OH is 1. The van der Waals surface area contributed by atoms with E-state index in [2.05, 4.69) is 15.9 Å². The van der Waals surface area contributed by atoms with Crippen molar-refractivity contribution in [1.82, 2.24) is 0 Å². The molecule has 4 heteroatoms. The second-order valence-electron chi connectivity index (χ2n) is 2.01. The Morgan fingerprint density at radius 3 is 2.64 bits per heavy atom. The molecule has 1 nitrogen and oxygen atoms in total. The van der Waals surface area contributed by atoms with Crippen LogP contribution in [0.5, 0.6) is 0 Å². The van der Waals surface area contributed by atoms with E-state index in [4.69, 9.17) is 16.7 Å². The van der Waals surface area contributed by atoms with Gasteiger partial charge in [0.2, 0.25) is 0 Å². The first kappa shape index (κ1) is 8.97. The lowest BCUT2D eigenvalue weighted by Crippen LogP contribution is -1.88. The highest BCUT2D eigenvalue weighted by molar-refractivity contribution is 9.10. The predicted molar refractivity (Wildman–Crippen MR) is 45.0 cm³/mol. The van der Waals surface area contributed by atoms with Crippen molar-refractivity contribution in [2.75, 3.05) is 0 Å². The van der Waals surface area contributed by atoms with E-state index < -0.39 is 5.82 Å². The van der Waals surface area contributed by atoms with E-state index in [0.717, 1.165) is 6.07 Å². The molecule has 0 saturated heterocycles. The average Bonchev–Trinajstić information content (AvgIpc) is 1.85. The first-order valence-electron chi connectivity index (χ1n) is 2.89. The first-order chi connectivity index (χ1) is 5.15. The number of hydrogen-bond acceptors (Lipinski definition) is 1. The Kier molecular flexibility index (Phi) is 2.87. The summed E-state index contributed by atoms with van der Waals surface area (Å²) in [5.41, 5.74) is 0.507. The van der Waals surface area contributed by atoms with Gasteiger partial charge in [0, 0.05) is 10.0 Å². The summed E-state index contributed by atoms with van der Waals surface area (Å²) in [7, 11) is 0. The standard InChI is InChI=1S/C7H5BrClFO/c8-6-1-4(10)2-7(9)5(6)3-11/h1-2,11H,3H2. The SMILES string of the molecule is OCc1c(Cl)cc(F)cc1Br. The molecule has 0 heterocycles. The molecule has 0 atom stereocenters. The van der Waals surface area contributed by atoms with Crippen molar-refractivity contribution in [2.45, 2.75) is 6.61 Å². The van der Waals surface area contributed by atoms with E-state index in [9.17, 15) is 4.39 Å². The van der Waals surface area contributed by atoms with Gasteiger partial charge in [0.05, 0.1) is 11.6 Å². The van der Waals surface area contributed by atoms with Crippen LogP contribution in [-0.4, -0.2) is 5.11 Å². The lowest BCUT2D eigenvalue weighted by atomic mass is 10.2. The van der Waals surface area contributed by atoms with Gasteiger partial charge in [-0.3, -0.25) is 0 Å². The molecule has 1 N–H and O–H groups in total. The Labute approximate surface area is 76.9 Å². The zero-order chi connectivity index (χ0) is 8.43. The Morgan fingerprint density at radius 1 is 1.55 bits per heavy atom. The molecular weight excluding hydrogens is 234 g/mol. The quantitative estimate of drug-likeness (QED) is 0.799. The zero-order valence-corrected chi connectivity index (χ0v) is 7.78. The van der Waals surface area contributed by atoms with Gasteiger partial charge in [0.25, 0.3) is 0 Å². The van der Waals surface area contributed by atoms with Crippen molar-refractivity contribution < 1.29 is 9.50 Å². The first-order valence-corrected chi connectivity index (χ1v) is 4.06. The highest BCUT2D eigenvalue weighted by Gasteiger charge is 2.05. The lowest BCUT2D eigenvalue weighted by molar-refractivity contribution is 0.281. The largest absolute Gasteiger partial charge is 0.392 e. The van der Waals surface area contributed by atoms with Crippen molar-refractivity contribution in [2.24, 2.45) is 0 Å². The normalized spacial score (nSPS) is 10.2. The highest BCUT2D eigenvalue weighted by atomic mass is 79.9. The van der Waals surface area contributed by atoms with Gasteiger partial charge in [0.1, 0.15) is 5.82 Å². The Balaban J connectivity index is 3.25. The summed E-state index contributed by atoms with van der Waals surface area (Å²) in [5, 5.41) is 8.99. The van der Waals surface area contributed by atoms with E-state index in [1.54, 1.807) is 0 Å². The van der Waals surface area contributed by atoms with Gasteiger partial charge in [0.15, 0.2) is 0 Å². The molecule has 0 spiro atoms. The van der Waals surface area contributed by atoms with Crippen molar-refractivity contribution >= 4 is 27.5 Å². The fourth-order valence-corrected chi connectivity index (χ4v) is 1.66. The van der Waals surface area contributed by atoms with Gasteiger partial charge >= 0.3 is 0 Å². The molecule has 0 aliphatic rings. The molecule has 60 valence electrons. The maximum absolute atomic E-state index is 12.5. The Bertz CT molecular complexity index is 254. The predicted octanol–water partition coefficient (Wildman–Crippen LogP) is 2.73. The summed E-state index contributed by atoms with van der Waals surface area (Å²) in [4.78, 5) is 0. The van der Waals surface area contributed by atoms with Gasteiger partial charge < -0.3 is 5.11 Å². The van der Waals surface area contributed by atoms with Crippen molar-refractivity contribution in [1.29, 1.82) is 0 Å². The third-order valence-corrected chi connectivity index (χ3v) is 2.31. The maximum atomic E-state index is 12.5. The summed E-state index contributed by atoms with van der Waals surface area (Å²) in [6, 6.07) is 2.43. The number of aliphatic hydroxyl groups is 1. The fourth-order valence-electron chi connectivity index (χ4n) is 0.723. The molecule has 0 aliphatic heterocycles. The van der Waals surface area contributed by atoms with E-state index in [-0.39, 0.29) is 11.6 Å². The minimum atomic E-state index is -0.418. The van der Waals surface area contributed by atoms with Crippen LogP contribution in [0.25, 0.3) is 0 Å². The van der Waals surface area contributed by atoms with Crippen LogP contribution in [0, 0.1) is 5.82 Å². The molecule has 0 saturated carbocycles. The molecule has 0 aliphatic carbocycles. The summed E-state index contributed by atoms with van der Waals surface area (Å²) in [6.45, 7) is -0.195. The summed E-state index contributed by atoms with van der Waals surface area (Å²) in [5.74, 6) is -0.418. The van der Waals surface area contributed by atoms with Crippen LogP contribution in [0.1, 0.15) is 5.56 Å². The van der Waals surface area contributed by atoms with Crippen LogP contribution >= 0.6 is 27.5 Å². The van der Waals surface area contributed by atoms with Crippen LogP contribution in [0.3, 0.4) is 0 Å². The van der Waals surface area contributed by atoms with Crippen molar-refractivity contribution in [3.63, 3.8) is 0 Å². The van der Waals surface area contributed by atoms with Crippen LogP contribution in [-0.2, 0) is 6.61 Å². The Hall–Kier alpha value is -0.120. The lowest BCUT2D eigenvalue weighted by Gasteiger charge is -2.02. The van der Waals surface area contributed by atoms with E-state index in [1.165, 1.54) is 6.07 Å². The minimum absolute atomic E-state index is 0.195. The number of rotatable bonds is 1. The molecule has 0 radical (unpaired) electrons. The second kappa shape index (κ2) is 3.52. The number of benzene rings is 1. The molecule has 1 rings (SSSR count). The van der Waals surface area contributed by atoms with Gasteiger partial charge in [-0.05, 0) is 12.1 Å². The molecule has 1 aromatic rings. The summed E-state index contributed by atoms with van der Waals surface area (Å²) < 4.78 is 13.0. The zero-order valence-electron chi connectivity index (χ0n) is 5.44. The minimum Gasteiger partial charge on any atom is -0.392 e. The smallest absolute Gasteiger partial charge is 0.125 e. The molecule has 0 fully saturated rings. The van der Waals surface area contributed by atoms with Gasteiger partial charge in [-0.25, -0.2) is 4.39 Å². The molecule has 0 unspecified atom stereocenters. The monoisotopic (exact) mass is 238 g/mol. The number of halogens is 3. The fraction of sp³-hybridized carbons (Fsp3) is 0.143. The van der Waals surface area contributed by atoms with E-state index in [1.807, 2.05) is 0 Å². The third-order valence-electron chi connectivity index (χ3n) is 1.26. The van der Waals surface area contributed by atoms with Gasteiger partial charge in [-0.15, -0.1) is 0 Å². The van der Waals surface area contributed by atoms with Gasteiger partial charge in [-0.2, -0.15) is 0 Å². The average molecular weight is 239 g/mol. The third kappa shape index (κ3) is 1.92. The second-order valence-corrected chi connectivity index (χ2v) is 3.27. The van der Waals surface area contributed by atoms with Crippen LogP contribution in [0.4, 0.5) is 4.39 Å². The van der Waals surface area contributed by atoms with Gasteiger partial charge in [-0.1, -0.05) is 27.5 Å². The number of hydrogen-bond donors (Lipinski definition) is 1. The molecule has 0 amide bonds. The molecule has 1 aromatic carbocycles. The van der Waals surface area contributed by atoms with E-state index >= 15 is 0 Å². The van der Waals surface area contributed by atoms with Crippen LogP contribution < -0.4 is 0 Å². The summed E-state index contributed by atoms with van der Waals surface area (Å²) >= 11 is 8.68. The molecule has 11 heavy (non-hydrogen) atoms. The molecule has 0 bridgehead atoms.